The number of allylic oxidation sites excluding steroid dienone is 2. The Morgan fingerprint density at radius 2 is 1.68 bits per heavy atom. The van der Waals surface area contributed by atoms with Crippen molar-refractivity contribution in [3.63, 3.8) is 0 Å². The molecule has 0 amide bonds. The quantitative estimate of drug-likeness (QED) is 0.0840. The first kappa shape index (κ1) is 31.3. The fourth-order valence-electron chi connectivity index (χ4n) is 5.32. The van der Waals surface area contributed by atoms with Crippen molar-refractivity contribution < 1.29 is 34.8 Å². The molecule has 0 aliphatic heterocycles. The van der Waals surface area contributed by atoms with Gasteiger partial charge in [0.1, 0.15) is 13.2 Å². The first-order chi connectivity index (χ1) is 19.3. The van der Waals surface area contributed by atoms with Crippen LogP contribution in [0.25, 0.3) is 0 Å². The van der Waals surface area contributed by atoms with Crippen LogP contribution in [0.15, 0.2) is 66.7 Å². The predicted molar refractivity (Wildman–Crippen MR) is 149 cm³/mol. The number of esters is 1. The van der Waals surface area contributed by atoms with E-state index in [2.05, 4.69) is 17.0 Å². The van der Waals surface area contributed by atoms with E-state index >= 15 is 0 Å². The number of rotatable bonds is 17. The average Bonchev–Trinajstić information content (AvgIpc) is 3.22. The van der Waals surface area contributed by atoms with Crippen molar-refractivity contribution in [3.8, 4) is 0 Å². The number of aliphatic hydroxyl groups excluding tert-OH is 3. The number of aliphatic hydroxyl groups is 3. The van der Waals surface area contributed by atoms with Crippen LogP contribution in [-0.2, 0) is 34.0 Å². The highest BCUT2D eigenvalue weighted by molar-refractivity contribution is 5.69. The summed E-state index contributed by atoms with van der Waals surface area (Å²) in [5.41, 5.74) is 2.55. The smallest absolute Gasteiger partial charge is 0.306 e. The van der Waals surface area contributed by atoms with Gasteiger partial charge in [-0.1, -0.05) is 66.7 Å². The molecule has 1 aliphatic rings. The van der Waals surface area contributed by atoms with Gasteiger partial charge in [-0.15, -0.1) is 10.1 Å². The van der Waals surface area contributed by atoms with Gasteiger partial charge in [0, 0.05) is 6.42 Å². The Labute approximate surface area is 235 Å². The normalized spacial score (nSPS) is 21.4. The molecule has 218 valence electrons. The Kier molecular flexibility index (Phi) is 13.1. The average molecular weight is 556 g/mol. The van der Waals surface area contributed by atoms with Gasteiger partial charge in [-0.25, -0.2) is 0 Å². The van der Waals surface area contributed by atoms with Crippen LogP contribution in [0.2, 0.25) is 0 Å². The van der Waals surface area contributed by atoms with Crippen molar-refractivity contribution in [1.29, 1.82) is 0 Å². The van der Waals surface area contributed by atoms with Crippen molar-refractivity contribution in [3.05, 3.63) is 93.6 Å². The third-order valence-electron chi connectivity index (χ3n) is 7.52. The molecule has 1 aliphatic carbocycles. The van der Waals surface area contributed by atoms with Crippen LogP contribution in [0.3, 0.4) is 0 Å². The molecule has 1 saturated carbocycles. The van der Waals surface area contributed by atoms with Crippen LogP contribution in [0, 0.1) is 22.0 Å². The molecule has 0 spiro atoms. The second-order valence-corrected chi connectivity index (χ2v) is 10.5. The van der Waals surface area contributed by atoms with Gasteiger partial charge in [0.25, 0.3) is 5.09 Å². The summed E-state index contributed by atoms with van der Waals surface area (Å²) in [6, 6.07) is 17.0. The number of aryl methyl sites for hydroxylation is 1. The number of ether oxygens (including phenoxy) is 1. The maximum absolute atomic E-state index is 12.1. The van der Waals surface area contributed by atoms with Gasteiger partial charge in [0.2, 0.25) is 0 Å². The van der Waals surface area contributed by atoms with Crippen molar-refractivity contribution in [2.45, 2.75) is 89.3 Å². The first-order valence-corrected chi connectivity index (χ1v) is 14.1. The monoisotopic (exact) mass is 555 g/mol. The summed E-state index contributed by atoms with van der Waals surface area (Å²) >= 11 is 0. The van der Waals surface area contributed by atoms with E-state index in [-0.39, 0.29) is 37.4 Å². The summed E-state index contributed by atoms with van der Waals surface area (Å²) in [6.07, 6.45) is 7.78. The minimum absolute atomic E-state index is 0.0504. The number of hydrogen-bond acceptors (Lipinski definition) is 8. The fraction of sp³-hybridized carbons (Fsp3) is 0.516. The van der Waals surface area contributed by atoms with Crippen molar-refractivity contribution in [2.75, 3.05) is 0 Å². The summed E-state index contributed by atoms with van der Waals surface area (Å²) in [4.78, 5) is 26.8. The Bertz CT molecular complexity index is 1080. The van der Waals surface area contributed by atoms with E-state index in [0.717, 1.165) is 12.0 Å². The Hall–Kier alpha value is -3.27. The molecule has 0 heterocycles. The largest absolute Gasteiger partial charge is 0.461 e. The van der Waals surface area contributed by atoms with Gasteiger partial charge in [-0.2, -0.15) is 0 Å². The minimum atomic E-state index is -0.848. The van der Waals surface area contributed by atoms with E-state index in [1.54, 1.807) is 24.3 Å². The number of benzene rings is 2. The lowest BCUT2D eigenvalue weighted by Gasteiger charge is -2.23. The summed E-state index contributed by atoms with van der Waals surface area (Å²) < 4.78 is 5.31. The van der Waals surface area contributed by atoms with Gasteiger partial charge in [0.15, 0.2) is 0 Å². The topological polar surface area (TPSA) is 139 Å². The zero-order valence-electron chi connectivity index (χ0n) is 22.8. The molecule has 2 aromatic rings. The predicted octanol–water partition coefficient (Wildman–Crippen LogP) is 4.69. The molecule has 5 atom stereocenters. The summed E-state index contributed by atoms with van der Waals surface area (Å²) in [5.74, 6) is -0.421. The fourth-order valence-corrected chi connectivity index (χ4v) is 5.32. The Balaban J connectivity index is 1.32. The van der Waals surface area contributed by atoms with Crippen molar-refractivity contribution >= 4 is 5.97 Å². The van der Waals surface area contributed by atoms with E-state index in [1.165, 1.54) is 5.56 Å². The molecule has 0 aromatic heterocycles. The minimum Gasteiger partial charge on any atom is -0.461 e. The SMILES string of the molecule is O=C(CCC/C=C/CC1C(O)CC(O)C1CCC(O)CCc1ccccc1)OCc1cccc(CO[N+](=O)[O-])c1. The number of hydrogen-bond donors (Lipinski definition) is 3. The van der Waals surface area contributed by atoms with Gasteiger partial charge >= 0.3 is 5.97 Å². The standard InChI is InChI=1S/C31H41NO8/c33-26(16-15-23-9-4-3-5-10-23)17-18-28-27(29(34)20-30(28)35)13-6-1-2-7-14-31(36)39-21-24-11-8-12-25(19-24)22-40-32(37)38/h1,3-6,8-12,19,26-30,33-35H,2,7,13-18,20-22H2/b6-1+. The molecular weight excluding hydrogens is 514 g/mol. The highest BCUT2D eigenvalue weighted by Gasteiger charge is 2.40. The summed E-state index contributed by atoms with van der Waals surface area (Å²) in [6.45, 7) is -0.0688. The van der Waals surface area contributed by atoms with Crippen LogP contribution >= 0.6 is 0 Å². The molecule has 9 nitrogen and oxygen atoms in total. The van der Waals surface area contributed by atoms with Crippen molar-refractivity contribution in [2.24, 2.45) is 11.8 Å². The number of carbonyl (C=O) groups is 1. The van der Waals surface area contributed by atoms with Crippen LogP contribution in [0.5, 0.6) is 0 Å². The molecule has 0 radical (unpaired) electrons. The lowest BCUT2D eigenvalue weighted by Crippen LogP contribution is -2.23. The zero-order chi connectivity index (χ0) is 28.7. The highest BCUT2D eigenvalue weighted by atomic mass is 16.9. The Morgan fingerprint density at radius 1 is 0.975 bits per heavy atom. The number of carbonyl (C=O) groups excluding carboxylic acids is 1. The molecule has 0 bridgehead atoms. The zero-order valence-corrected chi connectivity index (χ0v) is 22.8. The van der Waals surface area contributed by atoms with E-state index in [0.29, 0.717) is 50.5 Å². The number of unbranched alkanes of at least 4 members (excludes halogenated alkanes) is 1. The molecule has 1 fully saturated rings. The van der Waals surface area contributed by atoms with Crippen LogP contribution < -0.4 is 0 Å². The van der Waals surface area contributed by atoms with E-state index in [1.807, 2.05) is 30.4 Å². The molecule has 3 rings (SSSR count). The van der Waals surface area contributed by atoms with Gasteiger partial charge in [0.05, 0.1) is 18.3 Å². The van der Waals surface area contributed by atoms with Crippen molar-refractivity contribution in [1.82, 2.24) is 0 Å². The lowest BCUT2D eigenvalue weighted by molar-refractivity contribution is -0.763. The van der Waals surface area contributed by atoms with Gasteiger partial charge in [-0.3, -0.25) is 4.79 Å². The van der Waals surface area contributed by atoms with E-state index in [9.17, 15) is 30.2 Å². The molecule has 5 unspecified atom stereocenters. The third-order valence-corrected chi connectivity index (χ3v) is 7.52. The van der Waals surface area contributed by atoms with E-state index < -0.39 is 23.4 Å². The lowest BCUT2D eigenvalue weighted by atomic mass is 9.85. The molecule has 40 heavy (non-hydrogen) atoms. The van der Waals surface area contributed by atoms with Gasteiger partial charge < -0.3 is 24.9 Å². The second-order valence-electron chi connectivity index (χ2n) is 10.5. The summed E-state index contributed by atoms with van der Waals surface area (Å²) in [7, 11) is 0. The van der Waals surface area contributed by atoms with Crippen LogP contribution in [0.1, 0.15) is 68.1 Å². The van der Waals surface area contributed by atoms with Crippen LogP contribution in [-0.4, -0.2) is 44.7 Å². The van der Waals surface area contributed by atoms with Crippen LogP contribution in [0.4, 0.5) is 0 Å². The second kappa shape index (κ2) is 16.7. The maximum atomic E-state index is 12.1. The molecule has 3 N–H and O–H groups in total. The molecule has 0 saturated heterocycles. The maximum Gasteiger partial charge on any atom is 0.306 e. The molecular formula is C31H41NO8. The highest BCUT2D eigenvalue weighted by Crippen LogP contribution is 2.38. The van der Waals surface area contributed by atoms with E-state index in [4.69, 9.17) is 4.74 Å². The molecule has 2 aromatic carbocycles. The first-order valence-electron chi connectivity index (χ1n) is 14.1. The number of nitrogens with zero attached hydrogens (tertiary/aromatic N) is 1. The third kappa shape index (κ3) is 11.1. The Morgan fingerprint density at radius 3 is 2.42 bits per heavy atom. The summed E-state index contributed by atoms with van der Waals surface area (Å²) in [5, 5.41) is 40.9. The molecule has 9 heteroatoms. The van der Waals surface area contributed by atoms with Gasteiger partial charge in [-0.05, 0) is 79.9 Å².